The molecule has 0 spiro atoms. The molecule has 2 aromatic rings. The highest BCUT2D eigenvalue weighted by Crippen LogP contribution is 2.47. The Labute approximate surface area is 147 Å². The maximum Gasteiger partial charge on any atom is 0.226 e. The number of aryl methyl sites for hydroxylation is 2. The van der Waals surface area contributed by atoms with Crippen LogP contribution in [0, 0.1) is 12.8 Å². The minimum Gasteiger partial charge on any atom is -0.464 e. The monoisotopic (exact) mass is 343 g/mol. The average molecular weight is 343 g/mol. The molecule has 0 saturated heterocycles. The summed E-state index contributed by atoms with van der Waals surface area (Å²) in [4.78, 5) is 18.8. The zero-order valence-corrected chi connectivity index (χ0v) is 14.9. The number of aromatic nitrogens is 2. The molecule has 2 heterocycles. The van der Waals surface area contributed by atoms with Crippen LogP contribution in [0.4, 0.5) is 0 Å². The van der Waals surface area contributed by atoms with E-state index in [0.717, 1.165) is 36.7 Å². The summed E-state index contributed by atoms with van der Waals surface area (Å²) in [6, 6.07) is 4.49. The summed E-state index contributed by atoms with van der Waals surface area (Å²) >= 11 is 0. The number of amides is 1. The van der Waals surface area contributed by atoms with Gasteiger partial charge in [-0.05, 0) is 50.7 Å². The average Bonchev–Trinajstić information content (AvgIpc) is 3.47. The molecule has 4 rings (SSSR count). The number of hydrogen-bond acceptors (Lipinski definition) is 5. The molecule has 0 aliphatic heterocycles. The Morgan fingerprint density at radius 1 is 1.36 bits per heavy atom. The Balaban J connectivity index is 1.31. The fourth-order valence-electron chi connectivity index (χ4n) is 3.35. The van der Waals surface area contributed by atoms with E-state index < -0.39 is 0 Å². The molecule has 134 valence electrons. The van der Waals surface area contributed by atoms with Crippen molar-refractivity contribution in [3.05, 3.63) is 35.4 Å². The SMILES string of the molecule is Cc1noc(CCCC(=O)N(Cc2ccc([C@H]3C[C@H]3C)o2)C2CC2)n1. The first-order valence-corrected chi connectivity index (χ1v) is 9.27. The van der Waals surface area contributed by atoms with Crippen molar-refractivity contribution in [3.8, 4) is 0 Å². The van der Waals surface area contributed by atoms with E-state index in [-0.39, 0.29) is 5.91 Å². The standard InChI is InChI=1S/C19H25N3O3/c1-12-10-16(12)17-9-8-15(24-17)11-22(14-6-7-14)19(23)5-3-4-18-20-13(2)21-25-18/h8-9,12,14,16H,3-7,10-11H2,1-2H3/t12-,16+/m1/s1. The molecule has 6 heteroatoms. The van der Waals surface area contributed by atoms with E-state index >= 15 is 0 Å². The van der Waals surface area contributed by atoms with Gasteiger partial charge >= 0.3 is 0 Å². The van der Waals surface area contributed by atoms with Gasteiger partial charge in [-0.1, -0.05) is 12.1 Å². The number of furan rings is 1. The molecule has 2 aromatic heterocycles. The maximum absolute atomic E-state index is 12.6. The number of carbonyl (C=O) groups excluding carboxylic acids is 1. The first-order valence-electron chi connectivity index (χ1n) is 9.27. The maximum atomic E-state index is 12.6. The summed E-state index contributed by atoms with van der Waals surface area (Å²) in [6.07, 6.45) is 5.30. The third-order valence-corrected chi connectivity index (χ3v) is 5.14. The number of hydrogen-bond donors (Lipinski definition) is 0. The minimum atomic E-state index is 0.191. The van der Waals surface area contributed by atoms with E-state index in [1.807, 2.05) is 11.0 Å². The smallest absolute Gasteiger partial charge is 0.226 e. The fraction of sp³-hybridized carbons (Fsp3) is 0.632. The molecule has 0 unspecified atom stereocenters. The molecular formula is C19H25N3O3. The summed E-state index contributed by atoms with van der Waals surface area (Å²) in [5, 5.41) is 3.78. The zero-order chi connectivity index (χ0) is 17.4. The molecule has 1 amide bonds. The van der Waals surface area contributed by atoms with Crippen LogP contribution in [0.3, 0.4) is 0 Å². The lowest BCUT2D eigenvalue weighted by molar-refractivity contribution is -0.132. The van der Waals surface area contributed by atoms with Gasteiger partial charge in [-0.2, -0.15) is 4.98 Å². The summed E-state index contributed by atoms with van der Waals surface area (Å²) < 4.78 is 11.1. The molecule has 2 aliphatic carbocycles. The first-order chi connectivity index (χ1) is 12.1. The Morgan fingerprint density at radius 2 is 2.16 bits per heavy atom. The van der Waals surface area contributed by atoms with Crippen molar-refractivity contribution >= 4 is 5.91 Å². The van der Waals surface area contributed by atoms with E-state index in [1.54, 1.807) is 6.92 Å². The highest BCUT2D eigenvalue weighted by atomic mass is 16.5. The predicted octanol–water partition coefficient (Wildman–Crippen LogP) is 3.61. The van der Waals surface area contributed by atoms with Gasteiger partial charge in [0.1, 0.15) is 11.5 Å². The van der Waals surface area contributed by atoms with Gasteiger partial charge in [0.25, 0.3) is 0 Å². The molecule has 25 heavy (non-hydrogen) atoms. The third-order valence-electron chi connectivity index (χ3n) is 5.14. The lowest BCUT2D eigenvalue weighted by Gasteiger charge is -2.21. The lowest BCUT2D eigenvalue weighted by atomic mass is 10.2. The lowest BCUT2D eigenvalue weighted by Crippen LogP contribution is -2.32. The molecule has 2 fully saturated rings. The van der Waals surface area contributed by atoms with Crippen molar-refractivity contribution in [2.75, 3.05) is 0 Å². The van der Waals surface area contributed by atoms with E-state index in [0.29, 0.717) is 43.1 Å². The van der Waals surface area contributed by atoms with Crippen LogP contribution in [0.25, 0.3) is 0 Å². The quantitative estimate of drug-likeness (QED) is 0.732. The van der Waals surface area contributed by atoms with Crippen LogP contribution < -0.4 is 0 Å². The van der Waals surface area contributed by atoms with Gasteiger partial charge in [0.15, 0.2) is 5.82 Å². The van der Waals surface area contributed by atoms with Gasteiger partial charge in [-0.25, -0.2) is 0 Å². The number of carbonyl (C=O) groups is 1. The van der Waals surface area contributed by atoms with Crippen molar-refractivity contribution in [2.45, 2.75) is 70.9 Å². The molecule has 2 aliphatic rings. The van der Waals surface area contributed by atoms with Crippen LogP contribution in [0.15, 0.2) is 21.1 Å². The van der Waals surface area contributed by atoms with Crippen molar-refractivity contribution in [3.63, 3.8) is 0 Å². The molecule has 2 atom stereocenters. The highest BCUT2D eigenvalue weighted by Gasteiger charge is 2.37. The van der Waals surface area contributed by atoms with Crippen molar-refractivity contribution in [1.82, 2.24) is 15.0 Å². The second-order valence-corrected chi connectivity index (χ2v) is 7.47. The topological polar surface area (TPSA) is 72.4 Å². The van der Waals surface area contributed by atoms with Gasteiger partial charge in [0.2, 0.25) is 11.8 Å². The van der Waals surface area contributed by atoms with Crippen LogP contribution in [0.5, 0.6) is 0 Å². The molecule has 0 bridgehead atoms. The van der Waals surface area contributed by atoms with E-state index in [1.165, 1.54) is 6.42 Å². The summed E-state index contributed by atoms with van der Waals surface area (Å²) in [5.41, 5.74) is 0. The third kappa shape index (κ3) is 3.94. The minimum absolute atomic E-state index is 0.191. The van der Waals surface area contributed by atoms with Crippen molar-refractivity contribution < 1.29 is 13.7 Å². The second kappa shape index (κ2) is 6.65. The largest absolute Gasteiger partial charge is 0.464 e. The molecule has 0 N–H and O–H groups in total. The normalized spacial score (nSPS) is 22.2. The van der Waals surface area contributed by atoms with Gasteiger partial charge in [-0.3, -0.25) is 4.79 Å². The molecule has 6 nitrogen and oxygen atoms in total. The van der Waals surface area contributed by atoms with Gasteiger partial charge in [-0.15, -0.1) is 0 Å². The van der Waals surface area contributed by atoms with Crippen molar-refractivity contribution in [2.24, 2.45) is 5.92 Å². The van der Waals surface area contributed by atoms with E-state index in [9.17, 15) is 4.79 Å². The molecule has 0 radical (unpaired) electrons. The van der Waals surface area contributed by atoms with Crippen LogP contribution >= 0.6 is 0 Å². The van der Waals surface area contributed by atoms with Gasteiger partial charge in [0.05, 0.1) is 6.54 Å². The first kappa shape index (κ1) is 16.4. The van der Waals surface area contributed by atoms with Gasteiger partial charge in [0, 0.05) is 24.8 Å². The van der Waals surface area contributed by atoms with Crippen LogP contribution in [0.2, 0.25) is 0 Å². The Kier molecular flexibility index (Phi) is 4.36. The Bertz CT molecular complexity index is 747. The molecular weight excluding hydrogens is 318 g/mol. The molecule has 0 aromatic carbocycles. The second-order valence-electron chi connectivity index (χ2n) is 7.47. The predicted molar refractivity (Wildman–Crippen MR) is 90.8 cm³/mol. The van der Waals surface area contributed by atoms with Gasteiger partial charge < -0.3 is 13.8 Å². The zero-order valence-electron chi connectivity index (χ0n) is 14.9. The van der Waals surface area contributed by atoms with E-state index in [2.05, 4.69) is 23.1 Å². The Hall–Kier alpha value is -2.11. The Morgan fingerprint density at radius 3 is 2.80 bits per heavy atom. The van der Waals surface area contributed by atoms with E-state index in [4.69, 9.17) is 8.94 Å². The summed E-state index contributed by atoms with van der Waals surface area (Å²) in [7, 11) is 0. The summed E-state index contributed by atoms with van der Waals surface area (Å²) in [5.74, 6) is 4.73. The number of nitrogens with zero attached hydrogens (tertiary/aromatic N) is 3. The molecule has 2 saturated carbocycles. The van der Waals surface area contributed by atoms with Crippen LogP contribution in [-0.4, -0.2) is 27.0 Å². The summed E-state index contributed by atoms with van der Waals surface area (Å²) in [6.45, 7) is 4.63. The van der Waals surface area contributed by atoms with Crippen LogP contribution in [0.1, 0.15) is 68.2 Å². The number of rotatable bonds is 8. The fourth-order valence-corrected chi connectivity index (χ4v) is 3.35. The van der Waals surface area contributed by atoms with Crippen LogP contribution in [-0.2, 0) is 17.8 Å². The highest BCUT2D eigenvalue weighted by molar-refractivity contribution is 5.76. The van der Waals surface area contributed by atoms with Crippen molar-refractivity contribution in [1.29, 1.82) is 0 Å².